The molecule has 2 N–H and O–H groups in total. The number of hydrogen-bond acceptors (Lipinski definition) is 3. The number of hydrogen-bond donors (Lipinski definition) is 2. The second kappa shape index (κ2) is 6.31. The number of carbonyl (C=O) groups excluding carboxylic acids is 1. The minimum Gasteiger partial charge on any atom is -0.319 e. The maximum absolute atomic E-state index is 12.3. The number of aromatic amines is 1. The fourth-order valence-corrected chi connectivity index (χ4v) is 2.25. The first-order chi connectivity index (χ1) is 11.2. The molecule has 0 radical (unpaired) electrons. The fraction of sp³-hybridized carbons (Fsp3) is 0.118. The first-order valence-corrected chi connectivity index (χ1v) is 7.30. The van der Waals surface area contributed by atoms with Crippen molar-refractivity contribution in [3.05, 3.63) is 70.8 Å². The summed E-state index contributed by atoms with van der Waals surface area (Å²) in [7, 11) is 0. The number of rotatable bonds is 4. The van der Waals surface area contributed by atoms with E-state index in [1.54, 1.807) is 18.3 Å². The van der Waals surface area contributed by atoms with Crippen molar-refractivity contribution < 1.29 is 4.79 Å². The van der Waals surface area contributed by atoms with E-state index >= 15 is 0 Å². The normalized spacial score (nSPS) is 10.5. The van der Waals surface area contributed by atoms with Gasteiger partial charge in [-0.05, 0) is 19.1 Å². The topological polar surface area (TPSA) is 79.8 Å². The summed E-state index contributed by atoms with van der Waals surface area (Å²) in [5.41, 5.74) is 2.46. The molecule has 23 heavy (non-hydrogen) atoms. The van der Waals surface area contributed by atoms with Gasteiger partial charge in [0.25, 0.3) is 11.5 Å². The number of amides is 1. The summed E-state index contributed by atoms with van der Waals surface area (Å²) in [5, 5.41) is 9.64. The second-order valence-corrected chi connectivity index (χ2v) is 5.03. The highest BCUT2D eigenvalue weighted by Crippen LogP contribution is 2.17. The Morgan fingerprint density at radius 1 is 1.22 bits per heavy atom. The molecule has 6 heteroatoms. The van der Waals surface area contributed by atoms with Crippen LogP contribution in [-0.4, -0.2) is 20.7 Å². The van der Waals surface area contributed by atoms with Gasteiger partial charge in [0.15, 0.2) is 0 Å². The van der Waals surface area contributed by atoms with Crippen LogP contribution in [0.1, 0.15) is 17.4 Å². The van der Waals surface area contributed by atoms with Gasteiger partial charge in [0.1, 0.15) is 5.69 Å². The maximum Gasteiger partial charge on any atom is 0.273 e. The van der Waals surface area contributed by atoms with Gasteiger partial charge in [-0.1, -0.05) is 30.3 Å². The van der Waals surface area contributed by atoms with Crippen molar-refractivity contribution in [2.75, 3.05) is 5.32 Å². The minimum atomic E-state index is -0.305. The molecule has 0 atom stereocenters. The van der Waals surface area contributed by atoms with Gasteiger partial charge in [-0.25, -0.2) is 0 Å². The molecule has 0 bridgehead atoms. The van der Waals surface area contributed by atoms with Crippen LogP contribution in [0.4, 0.5) is 5.69 Å². The van der Waals surface area contributed by atoms with Crippen molar-refractivity contribution in [1.82, 2.24) is 14.8 Å². The molecule has 2 heterocycles. The van der Waals surface area contributed by atoms with Gasteiger partial charge in [0.05, 0.1) is 11.4 Å². The molecule has 0 aliphatic rings. The average molecular weight is 308 g/mol. The molecule has 6 nitrogen and oxygen atoms in total. The van der Waals surface area contributed by atoms with E-state index in [-0.39, 0.29) is 11.5 Å². The van der Waals surface area contributed by atoms with Crippen LogP contribution in [0.3, 0.4) is 0 Å². The molecule has 1 aromatic carbocycles. The smallest absolute Gasteiger partial charge is 0.273 e. The molecule has 2 aromatic heterocycles. The molecule has 0 aliphatic heterocycles. The first-order valence-electron chi connectivity index (χ1n) is 7.30. The summed E-state index contributed by atoms with van der Waals surface area (Å²) in [6.45, 7) is 2.42. The third kappa shape index (κ3) is 3.21. The van der Waals surface area contributed by atoms with E-state index in [1.807, 2.05) is 37.3 Å². The van der Waals surface area contributed by atoms with Gasteiger partial charge in [-0.15, -0.1) is 0 Å². The predicted octanol–water partition coefficient (Wildman–Crippen LogP) is 2.51. The molecule has 0 saturated carbocycles. The number of aromatic nitrogens is 3. The highest BCUT2D eigenvalue weighted by molar-refractivity contribution is 6.03. The molecule has 0 saturated heterocycles. The van der Waals surface area contributed by atoms with Gasteiger partial charge >= 0.3 is 0 Å². The summed E-state index contributed by atoms with van der Waals surface area (Å²) in [5.74, 6) is -0.305. The summed E-state index contributed by atoms with van der Waals surface area (Å²) in [4.78, 5) is 23.8. The molecular weight excluding hydrogens is 292 g/mol. The molecule has 3 rings (SSSR count). The number of nitrogens with one attached hydrogen (secondary N) is 2. The summed E-state index contributed by atoms with van der Waals surface area (Å²) >= 11 is 0. The zero-order valence-electron chi connectivity index (χ0n) is 12.6. The van der Waals surface area contributed by atoms with Crippen molar-refractivity contribution in [1.29, 1.82) is 0 Å². The number of H-pyrrole nitrogens is 1. The molecule has 3 aromatic rings. The third-order valence-corrected chi connectivity index (χ3v) is 3.47. The van der Waals surface area contributed by atoms with Crippen LogP contribution in [-0.2, 0) is 6.54 Å². The van der Waals surface area contributed by atoms with E-state index in [9.17, 15) is 9.59 Å². The Hall–Kier alpha value is -3.15. The third-order valence-electron chi connectivity index (χ3n) is 3.47. The lowest BCUT2D eigenvalue weighted by atomic mass is 10.1. The number of pyridine rings is 1. The average Bonchev–Trinajstić information content (AvgIpc) is 3.07. The monoisotopic (exact) mass is 308 g/mol. The van der Waals surface area contributed by atoms with E-state index in [0.29, 0.717) is 23.6 Å². The van der Waals surface area contributed by atoms with Gasteiger partial charge in [0, 0.05) is 24.4 Å². The number of anilines is 1. The Kier molecular flexibility index (Phi) is 4.05. The summed E-state index contributed by atoms with van der Waals surface area (Å²) in [6.07, 6.45) is 1.62. The zero-order valence-corrected chi connectivity index (χ0v) is 12.6. The number of aryl methyl sites for hydroxylation is 1. The molecule has 1 amide bonds. The summed E-state index contributed by atoms with van der Waals surface area (Å²) < 4.78 is 1.53. The van der Waals surface area contributed by atoms with Gasteiger partial charge in [0.2, 0.25) is 0 Å². The van der Waals surface area contributed by atoms with Crippen LogP contribution in [0.25, 0.3) is 11.3 Å². The van der Waals surface area contributed by atoms with Crippen LogP contribution in [0, 0.1) is 0 Å². The largest absolute Gasteiger partial charge is 0.319 e. The van der Waals surface area contributed by atoms with Crippen molar-refractivity contribution in [2.45, 2.75) is 13.5 Å². The number of benzene rings is 1. The lowest BCUT2D eigenvalue weighted by Crippen LogP contribution is -2.19. The minimum absolute atomic E-state index is 0.0987. The highest BCUT2D eigenvalue weighted by Gasteiger charge is 2.11. The van der Waals surface area contributed by atoms with E-state index in [1.165, 1.54) is 10.6 Å². The predicted molar refractivity (Wildman–Crippen MR) is 88.4 cm³/mol. The van der Waals surface area contributed by atoms with E-state index in [2.05, 4.69) is 15.5 Å². The van der Waals surface area contributed by atoms with Crippen molar-refractivity contribution >= 4 is 11.6 Å². The first kappa shape index (κ1) is 14.8. The standard InChI is InChI=1S/C17H16N4O2/c1-2-21-11-13(8-9-16(21)22)18-17(23)15-10-14(19-20-15)12-6-4-3-5-7-12/h3-11H,2H2,1H3,(H,18,23)(H,19,20). The van der Waals surface area contributed by atoms with E-state index in [0.717, 1.165) is 5.56 Å². The van der Waals surface area contributed by atoms with Crippen LogP contribution >= 0.6 is 0 Å². The number of carbonyl (C=O) groups is 1. The molecule has 0 fully saturated rings. The zero-order chi connectivity index (χ0) is 16.2. The maximum atomic E-state index is 12.3. The van der Waals surface area contributed by atoms with Crippen molar-refractivity contribution in [3.63, 3.8) is 0 Å². The quantitative estimate of drug-likeness (QED) is 0.777. The Labute approximate surface area is 132 Å². The lowest BCUT2D eigenvalue weighted by molar-refractivity contribution is 0.102. The SMILES string of the molecule is CCn1cc(NC(=O)c2cc(-c3ccccc3)n[nH]2)ccc1=O. The molecular formula is C17H16N4O2. The molecule has 116 valence electrons. The second-order valence-electron chi connectivity index (χ2n) is 5.03. The van der Waals surface area contributed by atoms with Crippen LogP contribution in [0.2, 0.25) is 0 Å². The lowest BCUT2D eigenvalue weighted by Gasteiger charge is -2.06. The van der Waals surface area contributed by atoms with E-state index < -0.39 is 0 Å². The fourth-order valence-electron chi connectivity index (χ4n) is 2.25. The van der Waals surface area contributed by atoms with Crippen LogP contribution in [0.15, 0.2) is 59.5 Å². The molecule has 0 aliphatic carbocycles. The van der Waals surface area contributed by atoms with Crippen molar-refractivity contribution in [3.8, 4) is 11.3 Å². The Morgan fingerprint density at radius 2 is 2.00 bits per heavy atom. The Bertz CT molecular complexity index is 881. The van der Waals surface area contributed by atoms with Crippen LogP contribution in [0.5, 0.6) is 0 Å². The molecule has 0 unspecified atom stereocenters. The van der Waals surface area contributed by atoms with E-state index in [4.69, 9.17) is 0 Å². The Balaban J connectivity index is 1.79. The van der Waals surface area contributed by atoms with Crippen molar-refractivity contribution in [2.24, 2.45) is 0 Å². The Morgan fingerprint density at radius 3 is 2.74 bits per heavy atom. The van der Waals surface area contributed by atoms with Gasteiger partial charge in [-0.2, -0.15) is 5.10 Å². The summed E-state index contributed by atoms with van der Waals surface area (Å²) in [6, 6.07) is 14.3. The highest BCUT2D eigenvalue weighted by atomic mass is 16.2. The van der Waals surface area contributed by atoms with Gasteiger partial charge < -0.3 is 9.88 Å². The molecule has 0 spiro atoms. The number of nitrogens with zero attached hydrogens (tertiary/aromatic N) is 2. The van der Waals surface area contributed by atoms with Crippen LogP contribution < -0.4 is 10.9 Å². The van der Waals surface area contributed by atoms with Gasteiger partial charge in [-0.3, -0.25) is 14.7 Å².